The minimum atomic E-state index is -4.45. The van der Waals surface area contributed by atoms with Crippen LogP contribution in [0.25, 0.3) is 0 Å². The molecule has 0 spiro atoms. The molecule has 356 valence electrons. The number of carbonyl (C=O) groups excluding carboxylic acids is 2. The van der Waals surface area contributed by atoms with E-state index in [1.165, 1.54) is 109 Å². The van der Waals surface area contributed by atoms with Gasteiger partial charge in [-0.2, -0.15) is 0 Å². The summed E-state index contributed by atoms with van der Waals surface area (Å²) in [6.07, 6.45) is 45.0. The number of nitrogens with two attached hydrogens (primary N) is 1. The van der Waals surface area contributed by atoms with Crippen molar-refractivity contribution in [3.05, 3.63) is 48.6 Å². The van der Waals surface area contributed by atoms with Crippen molar-refractivity contribution < 1.29 is 47.8 Å². The van der Waals surface area contributed by atoms with E-state index in [0.29, 0.717) is 25.7 Å². The lowest BCUT2D eigenvalue weighted by atomic mass is 10.0. The highest BCUT2D eigenvalue weighted by Gasteiger charge is 2.26. The molecule has 0 radical (unpaired) electrons. The number of ether oxygens (including phenoxy) is 2. The smallest absolute Gasteiger partial charge is 0.462 e. The van der Waals surface area contributed by atoms with Gasteiger partial charge in [-0.05, 0) is 32.1 Å². The lowest BCUT2D eigenvalue weighted by molar-refractivity contribution is -0.161. The summed E-state index contributed by atoms with van der Waals surface area (Å²) in [5, 5.41) is 20.2. The van der Waals surface area contributed by atoms with Gasteiger partial charge in [-0.15, -0.1) is 0 Å². The summed E-state index contributed by atoms with van der Waals surface area (Å²) in [7, 11) is -4.45. The molecular weight excluding hydrogens is 794 g/mol. The molecule has 0 heterocycles. The summed E-state index contributed by atoms with van der Waals surface area (Å²) < 4.78 is 32.7. The van der Waals surface area contributed by atoms with E-state index in [1.54, 1.807) is 18.2 Å². The van der Waals surface area contributed by atoms with Crippen LogP contribution in [0.3, 0.4) is 0 Å². The molecule has 0 saturated carbocycles. The third kappa shape index (κ3) is 44.3. The van der Waals surface area contributed by atoms with E-state index in [1.807, 2.05) is 30.4 Å². The molecule has 0 fully saturated rings. The molecule has 0 aromatic heterocycles. The number of rotatable bonds is 45. The Bertz CT molecular complexity index is 1180. The molecule has 61 heavy (non-hydrogen) atoms. The number of aliphatic hydroxyl groups is 2. The average molecular weight is 884 g/mol. The summed E-state index contributed by atoms with van der Waals surface area (Å²) in [4.78, 5) is 35.0. The van der Waals surface area contributed by atoms with E-state index in [-0.39, 0.29) is 32.6 Å². The molecule has 12 heteroatoms. The fourth-order valence-electron chi connectivity index (χ4n) is 6.73. The zero-order valence-corrected chi connectivity index (χ0v) is 39.5. The van der Waals surface area contributed by atoms with E-state index in [2.05, 4.69) is 13.8 Å². The molecule has 11 nitrogen and oxygen atoms in total. The molecule has 0 aliphatic carbocycles. The molecule has 0 amide bonds. The Labute approximate surface area is 372 Å². The van der Waals surface area contributed by atoms with Gasteiger partial charge in [0.05, 0.1) is 25.4 Å². The van der Waals surface area contributed by atoms with E-state index < -0.39 is 44.7 Å². The second kappa shape index (κ2) is 44.5. The first kappa shape index (κ1) is 58.9. The quantitative estimate of drug-likeness (QED) is 0.0198. The molecule has 1 unspecified atom stereocenters. The highest BCUT2D eigenvalue weighted by atomic mass is 31.2. The number of aliphatic hydroxyl groups excluding tert-OH is 2. The normalized spacial score (nSPS) is 14.7. The third-order valence-corrected chi connectivity index (χ3v) is 11.4. The van der Waals surface area contributed by atoms with Crippen LogP contribution in [0.4, 0.5) is 0 Å². The van der Waals surface area contributed by atoms with Crippen molar-refractivity contribution in [3.63, 3.8) is 0 Å². The van der Waals surface area contributed by atoms with Crippen LogP contribution >= 0.6 is 7.82 Å². The van der Waals surface area contributed by atoms with Crippen LogP contribution < -0.4 is 5.73 Å². The number of allylic oxidation sites excluding steroid dienone is 6. The lowest BCUT2D eigenvalue weighted by Crippen LogP contribution is -2.29. The zero-order chi connectivity index (χ0) is 44.9. The maximum Gasteiger partial charge on any atom is 0.472 e. The van der Waals surface area contributed by atoms with Crippen LogP contribution in [0, 0.1) is 0 Å². The summed E-state index contributed by atoms with van der Waals surface area (Å²) in [5.41, 5.74) is 5.34. The van der Waals surface area contributed by atoms with Crippen LogP contribution in [0.15, 0.2) is 48.6 Å². The summed E-state index contributed by atoms with van der Waals surface area (Å²) in [6, 6.07) is 0. The largest absolute Gasteiger partial charge is 0.472 e. The fraction of sp³-hybridized carbons (Fsp3) is 0.796. The maximum atomic E-state index is 12.6. The van der Waals surface area contributed by atoms with Crippen molar-refractivity contribution in [2.45, 2.75) is 225 Å². The fourth-order valence-corrected chi connectivity index (χ4v) is 7.50. The summed E-state index contributed by atoms with van der Waals surface area (Å²) in [6.45, 7) is 3.39. The van der Waals surface area contributed by atoms with Crippen molar-refractivity contribution in [3.8, 4) is 0 Å². The molecule has 0 aliphatic heterocycles. The number of esters is 2. The molecule has 0 rings (SSSR count). The maximum absolute atomic E-state index is 12.6. The first-order valence-electron chi connectivity index (χ1n) is 24.3. The minimum absolute atomic E-state index is 0.0156. The monoisotopic (exact) mass is 884 g/mol. The van der Waals surface area contributed by atoms with E-state index >= 15 is 0 Å². The predicted molar refractivity (Wildman–Crippen MR) is 250 cm³/mol. The molecule has 4 atom stereocenters. The Morgan fingerprint density at radius 3 is 1.46 bits per heavy atom. The van der Waals surface area contributed by atoms with Crippen molar-refractivity contribution in [1.29, 1.82) is 0 Å². The Morgan fingerprint density at radius 2 is 0.984 bits per heavy atom. The Balaban J connectivity index is 4.25. The lowest BCUT2D eigenvalue weighted by Gasteiger charge is -2.20. The number of phosphoric ester groups is 1. The van der Waals surface area contributed by atoms with E-state index in [4.69, 9.17) is 24.3 Å². The number of phosphoric acid groups is 1. The Hall–Kier alpha value is -2.11. The number of hydrogen-bond acceptors (Lipinski definition) is 10. The van der Waals surface area contributed by atoms with Crippen molar-refractivity contribution in [2.24, 2.45) is 5.73 Å². The van der Waals surface area contributed by atoms with Gasteiger partial charge in [-0.25, -0.2) is 4.57 Å². The van der Waals surface area contributed by atoms with Gasteiger partial charge in [0.2, 0.25) is 0 Å². The van der Waals surface area contributed by atoms with Crippen molar-refractivity contribution in [2.75, 3.05) is 26.4 Å². The van der Waals surface area contributed by atoms with Crippen LogP contribution in [0.5, 0.6) is 0 Å². The molecule has 0 bridgehead atoms. The molecule has 0 aliphatic rings. The Kier molecular flexibility index (Phi) is 43.0. The van der Waals surface area contributed by atoms with E-state index in [9.17, 15) is 29.3 Å². The summed E-state index contributed by atoms with van der Waals surface area (Å²) in [5.74, 6) is -1.05. The third-order valence-electron chi connectivity index (χ3n) is 10.4. The topological polar surface area (TPSA) is 175 Å². The van der Waals surface area contributed by atoms with Crippen LogP contribution in [-0.2, 0) is 32.7 Å². The van der Waals surface area contributed by atoms with Gasteiger partial charge in [0.25, 0.3) is 0 Å². The molecule has 0 aromatic carbocycles. The second-order valence-corrected chi connectivity index (χ2v) is 17.8. The van der Waals surface area contributed by atoms with Crippen LogP contribution in [-0.4, -0.2) is 71.7 Å². The van der Waals surface area contributed by atoms with Gasteiger partial charge in [-0.3, -0.25) is 18.6 Å². The standard InChI is InChI=1S/C49H90NO10P/c1-3-5-7-8-9-10-11-12-13-14-15-16-17-18-19-20-21-22-26-29-33-39-48(53)57-43-47(44-59-61(55,56)58-42-41-50)60-49(54)40-34-38-46(52)37-32-28-25-23-24-27-31-36-45(51)35-30-6-4-2/h24-25,27-28,31-32,36-37,45-47,51-52H,3-23,26,29-30,33-35,38-44,50H2,1-2H3,(H,55,56)/b27-24-,28-25-,36-31+,37-32+/t45-,46-,47-/m1/s1. The Morgan fingerprint density at radius 1 is 0.557 bits per heavy atom. The SMILES string of the molecule is CCCCCCCCCCCCCCCCCCCCCCCC(=O)OC[C@H](COP(=O)(O)OCCN)OC(=O)CCC[C@H](O)/C=C/C=C\C/C=C\C=C\[C@H](O)CCCCC. The van der Waals surface area contributed by atoms with E-state index in [0.717, 1.165) is 44.9 Å². The van der Waals surface area contributed by atoms with Gasteiger partial charge in [0.1, 0.15) is 6.61 Å². The summed E-state index contributed by atoms with van der Waals surface area (Å²) >= 11 is 0. The number of hydrogen-bond donors (Lipinski definition) is 4. The molecule has 0 saturated heterocycles. The number of carbonyl (C=O) groups is 2. The molecule has 0 aromatic rings. The number of unbranched alkanes of at least 4 members (excludes halogenated alkanes) is 22. The molecule has 5 N–H and O–H groups in total. The van der Waals surface area contributed by atoms with Gasteiger partial charge in [-0.1, -0.05) is 210 Å². The average Bonchev–Trinajstić information content (AvgIpc) is 3.23. The van der Waals surface area contributed by atoms with Gasteiger partial charge >= 0.3 is 19.8 Å². The van der Waals surface area contributed by atoms with Crippen molar-refractivity contribution in [1.82, 2.24) is 0 Å². The minimum Gasteiger partial charge on any atom is -0.462 e. The van der Waals surface area contributed by atoms with Gasteiger partial charge < -0.3 is 30.3 Å². The first-order chi connectivity index (χ1) is 29.6. The highest BCUT2D eigenvalue weighted by molar-refractivity contribution is 7.47. The van der Waals surface area contributed by atoms with Gasteiger partial charge in [0, 0.05) is 19.4 Å². The van der Waals surface area contributed by atoms with Crippen molar-refractivity contribution >= 4 is 19.8 Å². The van der Waals surface area contributed by atoms with Crippen LogP contribution in [0.2, 0.25) is 0 Å². The predicted octanol–water partition coefficient (Wildman–Crippen LogP) is 12.2. The first-order valence-corrected chi connectivity index (χ1v) is 25.8. The van der Waals surface area contributed by atoms with Crippen LogP contribution in [0.1, 0.15) is 206 Å². The highest BCUT2D eigenvalue weighted by Crippen LogP contribution is 2.43. The zero-order valence-electron chi connectivity index (χ0n) is 38.6. The van der Waals surface area contributed by atoms with Gasteiger partial charge in [0.15, 0.2) is 6.10 Å². The second-order valence-electron chi connectivity index (χ2n) is 16.4. The molecular formula is C49H90NO10P.